The number of hydrogen-bond acceptors (Lipinski definition) is 2. The molecule has 0 aromatic carbocycles. The van der Waals surface area contributed by atoms with Gasteiger partial charge in [0.15, 0.2) is 0 Å². The Hall–Kier alpha value is -1.07. The van der Waals surface area contributed by atoms with E-state index in [1.54, 1.807) is 0 Å². The molecule has 0 amide bonds. The van der Waals surface area contributed by atoms with Gasteiger partial charge in [-0.3, -0.25) is 9.59 Å². The molecule has 0 atom stereocenters. The minimum atomic E-state index is -0.833. The third-order valence-electron chi connectivity index (χ3n) is 0. The van der Waals surface area contributed by atoms with Crippen molar-refractivity contribution in [3.63, 3.8) is 0 Å². The molecule has 0 aromatic rings. The van der Waals surface area contributed by atoms with E-state index in [0.29, 0.717) is 0 Å². The second kappa shape index (κ2) is 15.7. The molecule has 2 radical (unpaired) electrons. The van der Waals surface area contributed by atoms with Gasteiger partial charge in [0.05, 0.1) is 0 Å². The predicted octanol–water partition coefficient (Wildman–Crippen LogP) is 0.221. The van der Waals surface area contributed by atoms with Gasteiger partial charge in [0.2, 0.25) is 0 Å². The summed E-state index contributed by atoms with van der Waals surface area (Å²) in [5.41, 5.74) is 0. The Bertz CT molecular complexity index is 75.3. The van der Waals surface area contributed by atoms with E-state index in [1.807, 2.05) is 0 Å². The van der Waals surface area contributed by atoms with Gasteiger partial charge in [-0.1, -0.05) is 0 Å². The van der Waals surface area contributed by atoms with Crippen molar-refractivity contribution >= 4 is 20.1 Å². The molecule has 4 nitrogen and oxygen atoms in total. The molecular weight excluding hydrogens is 142 g/mol. The number of carboxylic acids is 2. The maximum atomic E-state index is 9.00. The smallest absolute Gasteiger partial charge is 0.350 e. The van der Waals surface area contributed by atoms with Gasteiger partial charge in [0, 0.05) is 13.8 Å². The highest BCUT2D eigenvalue weighted by Crippen LogP contribution is 1.42. The molecule has 0 bridgehead atoms. The zero-order valence-electron chi connectivity index (χ0n) is 5.67. The zero-order valence-corrected chi connectivity index (χ0v) is 5.67. The van der Waals surface area contributed by atoms with E-state index >= 15 is 0 Å². The molecule has 0 aliphatic rings. The molecule has 0 spiro atoms. The number of carboxylic acid groups (broad SMARTS) is 2. The van der Waals surface area contributed by atoms with Gasteiger partial charge in [0.25, 0.3) is 11.9 Å². The average Bonchev–Trinajstić information content (AvgIpc) is 1.66. The number of hydrogen-bond donors (Lipinski definition) is 2. The maximum absolute atomic E-state index is 9.00. The Kier molecular flexibility index (Phi) is 25.0. The molecule has 0 heterocycles. The van der Waals surface area contributed by atoms with Gasteiger partial charge >= 0.3 is 8.12 Å². The summed E-state index contributed by atoms with van der Waals surface area (Å²) in [7, 11) is 3.00. The van der Waals surface area contributed by atoms with Gasteiger partial charge in [0.1, 0.15) is 0 Å². The summed E-state index contributed by atoms with van der Waals surface area (Å²) >= 11 is 0. The lowest BCUT2D eigenvalue weighted by Crippen LogP contribution is -1.78. The molecule has 0 aliphatic heterocycles. The molecule has 0 unspecified atom stereocenters. The topological polar surface area (TPSA) is 74.6 Å². The van der Waals surface area contributed by atoms with Crippen LogP contribution in [0.25, 0.3) is 0 Å². The van der Waals surface area contributed by atoms with E-state index in [4.69, 9.17) is 24.1 Å². The first-order valence-corrected chi connectivity index (χ1v) is 2.07. The Morgan fingerprint density at radius 3 is 1.10 bits per heavy atom. The molecule has 6 heteroatoms. The lowest BCUT2D eigenvalue weighted by atomic mass is 10.7. The average molecular weight is 150 g/mol. The minimum absolute atomic E-state index is 0.833. The predicted molar refractivity (Wildman–Crippen MR) is 33.5 cm³/mol. The Balaban J connectivity index is -0.0000000787. The summed E-state index contributed by atoms with van der Waals surface area (Å²) in [4.78, 5) is 18.0. The quantitative estimate of drug-likeness (QED) is 0.484. The lowest BCUT2D eigenvalue weighted by molar-refractivity contribution is -0.135. The fraction of sp³-hybridized carbons (Fsp3) is 0.500. The van der Waals surface area contributed by atoms with Crippen LogP contribution in [0.4, 0.5) is 4.32 Å². The lowest BCUT2D eigenvalue weighted by Gasteiger charge is -1.59. The fourth-order valence-electron chi connectivity index (χ4n) is 0. The van der Waals surface area contributed by atoms with Gasteiger partial charge in [-0.25, -0.2) is 0 Å². The SMILES string of the molecule is CC(=O)O.CC(=O)O.[B]F. The van der Waals surface area contributed by atoms with Gasteiger partial charge < -0.3 is 14.5 Å². The first-order valence-electron chi connectivity index (χ1n) is 2.07. The van der Waals surface area contributed by atoms with Gasteiger partial charge in [-0.15, -0.1) is 0 Å². The van der Waals surface area contributed by atoms with Crippen molar-refractivity contribution in [2.45, 2.75) is 13.8 Å². The van der Waals surface area contributed by atoms with E-state index in [-0.39, 0.29) is 0 Å². The summed E-state index contributed by atoms with van der Waals surface area (Å²) in [6, 6.07) is 0. The van der Waals surface area contributed by atoms with Crippen molar-refractivity contribution in [2.24, 2.45) is 0 Å². The normalized spacial score (nSPS) is 5.50. The van der Waals surface area contributed by atoms with Crippen LogP contribution < -0.4 is 0 Å². The number of halogens is 1. The van der Waals surface area contributed by atoms with E-state index in [0.717, 1.165) is 13.8 Å². The Morgan fingerprint density at radius 2 is 1.10 bits per heavy atom. The van der Waals surface area contributed by atoms with E-state index < -0.39 is 11.9 Å². The van der Waals surface area contributed by atoms with E-state index in [9.17, 15) is 0 Å². The molecule has 0 fully saturated rings. The highest BCUT2D eigenvalue weighted by molar-refractivity contribution is 5.96. The number of carbonyl (C=O) groups is 2. The third-order valence-corrected chi connectivity index (χ3v) is 0. The molecule has 0 aromatic heterocycles. The second-order valence-corrected chi connectivity index (χ2v) is 1.04. The third kappa shape index (κ3) is 215. The summed E-state index contributed by atoms with van der Waals surface area (Å²) in [6.07, 6.45) is 0. The van der Waals surface area contributed by atoms with E-state index in [2.05, 4.69) is 8.12 Å². The highest BCUT2D eigenvalue weighted by atomic mass is 19.1. The van der Waals surface area contributed by atoms with Crippen LogP contribution in [0, 0.1) is 0 Å². The number of rotatable bonds is 0. The van der Waals surface area contributed by atoms with Gasteiger partial charge in [-0.2, -0.15) is 0 Å². The summed E-state index contributed by atoms with van der Waals surface area (Å²) in [5.74, 6) is -1.67. The minimum Gasteiger partial charge on any atom is -0.481 e. The highest BCUT2D eigenvalue weighted by Gasteiger charge is 1.65. The zero-order chi connectivity index (χ0) is 9.15. The van der Waals surface area contributed by atoms with Crippen LogP contribution in [-0.2, 0) is 9.59 Å². The first-order chi connectivity index (χ1) is 4.46. The molecule has 58 valence electrons. The van der Waals surface area contributed by atoms with Crippen LogP contribution in [0.2, 0.25) is 0 Å². The monoisotopic (exact) mass is 150 g/mol. The van der Waals surface area contributed by atoms with E-state index in [1.165, 1.54) is 0 Å². The summed E-state index contributed by atoms with van der Waals surface area (Å²) in [6.45, 7) is 2.17. The molecule has 0 aliphatic carbocycles. The second-order valence-electron chi connectivity index (χ2n) is 1.04. The maximum Gasteiger partial charge on any atom is 0.350 e. The molecule has 0 saturated carbocycles. The van der Waals surface area contributed by atoms with Crippen molar-refractivity contribution in [3.05, 3.63) is 0 Å². The molecular formula is C4H8BFO4. The standard InChI is InChI=1S/2C2H4O2.BF/c2*1-2(3)4;1-2/h2*1H3,(H,3,4);. The summed E-state index contributed by atoms with van der Waals surface area (Å²) in [5, 5.41) is 14.8. The molecule has 0 rings (SSSR count). The van der Waals surface area contributed by atoms with Crippen LogP contribution in [0.1, 0.15) is 13.8 Å². The van der Waals surface area contributed by atoms with Crippen LogP contribution in [0.15, 0.2) is 0 Å². The Labute approximate surface area is 59.1 Å². The van der Waals surface area contributed by atoms with Crippen LogP contribution >= 0.6 is 0 Å². The molecule has 10 heavy (non-hydrogen) atoms. The van der Waals surface area contributed by atoms with Crippen LogP contribution in [0.3, 0.4) is 0 Å². The Morgan fingerprint density at radius 1 is 1.10 bits per heavy atom. The van der Waals surface area contributed by atoms with Crippen molar-refractivity contribution in [1.82, 2.24) is 0 Å². The van der Waals surface area contributed by atoms with Crippen molar-refractivity contribution in [2.75, 3.05) is 0 Å². The fourth-order valence-corrected chi connectivity index (χ4v) is 0. The number of aliphatic carboxylic acids is 2. The van der Waals surface area contributed by atoms with Gasteiger partial charge in [-0.05, 0) is 0 Å². The van der Waals surface area contributed by atoms with Crippen LogP contribution in [-0.4, -0.2) is 30.3 Å². The molecule has 0 saturated heterocycles. The molecule has 2 N–H and O–H groups in total. The largest absolute Gasteiger partial charge is 0.481 e. The van der Waals surface area contributed by atoms with Crippen molar-refractivity contribution in [1.29, 1.82) is 0 Å². The summed E-state index contributed by atoms with van der Waals surface area (Å²) < 4.78 is 9.00. The van der Waals surface area contributed by atoms with Crippen LogP contribution in [0.5, 0.6) is 0 Å². The first kappa shape index (κ1) is 16.0. The van der Waals surface area contributed by atoms with Crippen molar-refractivity contribution < 1.29 is 24.1 Å². The van der Waals surface area contributed by atoms with Crippen molar-refractivity contribution in [3.8, 4) is 0 Å².